The fourth-order valence-electron chi connectivity index (χ4n) is 2.46. The van der Waals surface area contributed by atoms with Crippen LogP contribution in [0.1, 0.15) is 13.8 Å². The van der Waals surface area contributed by atoms with E-state index in [1.54, 1.807) is 0 Å². The molecule has 11 heavy (non-hydrogen) atoms. The van der Waals surface area contributed by atoms with Crippen molar-refractivity contribution in [2.45, 2.75) is 19.9 Å². The Morgan fingerprint density at radius 1 is 1.64 bits per heavy atom. The van der Waals surface area contributed by atoms with Crippen LogP contribution in [0, 0.1) is 17.3 Å². The van der Waals surface area contributed by atoms with E-state index in [1.165, 1.54) is 0 Å². The van der Waals surface area contributed by atoms with E-state index in [4.69, 9.17) is 5.11 Å². The van der Waals surface area contributed by atoms with Crippen molar-refractivity contribution in [3.63, 3.8) is 0 Å². The summed E-state index contributed by atoms with van der Waals surface area (Å²) in [7, 11) is 0. The van der Waals surface area contributed by atoms with Crippen molar-refractivity contribution in [1.82, 2.24) is 5.32 Å². The quantitative estimate of drug-likeness (QED) is 0.573. The molecule has 1 heterocycles. The molecule has 2 fully saturated rings. The summed E-state index contributed by atoms with van der Waals surface area (Å²) < 4.78 is 0. The molecule has 1 saturated heterocycles. The molecule has 2 aliphatic rings. The number of hydrogen-bond donors (Lipinski definition) is 2. The normalized spacial score (nSPS) is 45.1. The molecule has 3 nitrogen and oxygen atoms in total. The first-order chi connectivity index (χ1) is 5.05. The Balaban J connectivity index is 2.13. The third-order valence-corrected chi connectivity index (χ3v) is 3.32. The van der Waals surface area contributed by atoms with Crippen LogP contribution >= 0.6 is 0 Å². The van der Waals surface area contributed by atoms with Crippen LogP contribution in [0.2, 0.25) is 0 Å². The SMILES string of the molecule is CC1(C)[C@H]2CNC(C(=O)O)[C@@H]21. The Morgan fingerprint density at radius 3 is 2.55 bits per heavy atom. The van der Waals surface area contributed by atoms with Gasteiger partial charge in [-0.2, -0.15) is 0 Å². The molecular formula is C8H13NO2. The van der Waals surface area contributed by atoms with Gasteiger partial charge in [-0.25, -0.2) is 0 Å². The lowest BCUT2D eigenvalue weighted by Crippen LogP contribution is -2.37. The Kier molecular flexibility index (Phi) is 1.15. The summed E-state index contributed by atoms with van der Waals surface area (Å²) >= 11 is 0. The lowest BCUT2D eigenvalue weighted by atomic mass is 10.0. The lowest BCUT2D eigenvalue weighted by molar-refractivity contribution is -0.139. The maximum atomic E-state index is 10.7. The molecule has 62 valence electrons. The summed E-state index contributed by atoms with van der Waals surface area (Å²) in [5.74, 6) is 0.284. The number of piperidine rings is 1. The summed E-state index contributed by atoms with van der Waals surface area (Å²) in [5, 5.41) is 11.8. The first-order valence-corrected chi connectivity index (χ1v) is 4.01. The molecule has 0 aromatic heterocycles. The summed E-state index contributed by atoms with van der Waals surface area (Å²) in [5.41, 5.74) is 0.272. The number of rotatable bonds is 1. The van der Waals surface area contributed by atoms with Crippen molar-refractivity contribution in [2.24, 2.45) is 17.3 Å². The Bertz CT molecular complexity index is 212. The Hall–Kier alpha value is -0.570. The second-order valence-electron chi connectivity index (χ2n) is 4.18. The number of carboxylic acids is 1. The molecule has 1 aliphatic carbocycles. The van der Waals surface area contributed by atoms with Gasteiger partial charge in [0, 0.05) is 0 Å². The standard InChI is InChI=1S/C8H13NO2/c1-8(2)4-3-9-6(5(4)8)7(10)11/h4-6,9H,3H2,1-2H3,(H,10,11)/t4-,5+,6?/m0/s1. The minimum atomic E-state index is -0.692. The van der Waals surface area contributed by atoms with E-state index >= 15 is 0 Å². The first kappa shape index (κ1) is 7.10. The van der Waals surface area contributed by atoms with E-state index in [9.17, 15) is 4.79 Å². The third kappa shape index (κ3) is 0.745. The van der Waals surface area contributed by atoms with Crippen molar-refractivity contribution in [1.29, 1.82) is 0 Å². The highest BCUT2D eigenvalue weighted by Crippen LogP contribution is 2.62. The van der Waals surface area contributed by atoms with Crippen LogP contribution in [0.25, 0.3) is 0 Å². The van der Waals surface area contributed by atoms with Crippen LogP contribution < -0.4 is 5.32 Å². The van der Waals surface area contributed by atoms with Crippen molar-refractivity contribution in [3.05, 3.63) is 0 Å². The second-order valence-corrected chi connectivity index (χ2v) is 4.18. The molecule has 2 N–H and O–H groups in total. The average Bonchev–Trinajstić information content (AvgIpc) is 2.34. The van der Waals surface area contributed by atoms with E-state index in [1.807, 2.05) is 0 Å². The number of aliphatic carboxylic acids is 1. The van der Waals surface area contributed by atoms with Gasteiger partial charge in [0.05, 0.1) is 0 Å². The molecule has 1 unspecified atom stereocenters. The minimum absolute atomic E-state index is 0.272. The molecule has 2 rings (SSSR count). The zero-order valence-corrected chi connectivity index (χ0v) is 6.79. The Morgan fingerprint density at radius 2 is 2.27 bits per heavy atom. The van der Waals surface area contributed by atoms with Crippen LogP contribution in [-0.2, 0) is 4.79 Å². The fourth-order valence-corrected chi connectivity index (χ4v) is 2.46. The van der Waals surface area contributed by atoms with E-state index in [2.05, 4.69) is 19.2 Å². The first-order valence-electron chi connectivity index (χ1n) is 4.01. The highest BCUT2D eigenvalue weighted by Gasteiger charge is 2.65. The van der Waals surface area contributed by atoms with Gasteiger partial charge < -0.3 is 10.4 Å². The van der Waals surface area contributed by atoms with Gasteiger partial charge in [-0.15, -0.1) is 0 Å². The van der Waals surface area contributed by atoms with E-state index in [0.717, 1.165) is 6.54 Å². The largest absolute Gasteiger partial charge is 0.480 e. The highest BCUT2D eigenvalue weighted by atomic mass is 16.4. The predicted molar refractivity (Wildman–Crippen MR) is 40.2 cm³/mol. The molecule has 0 spiro atoms. The third-order valence-electron chi connectivity index (χ3n) is 3.32. The average molecular weight is 155 g/mol. The van der Waals surface area contributed by atoms with Crippen LogP contribution in [0.3, 0.4) is 0 Å². The van der Waals surface area contributed by atoms with Crippen molar-refractivity contribution in [2.75, 3.05) is 6.54 Å². The highest BCUT2D eigenvalue weighted by molar-refractivity contribution is 5.75. The minimum Gasteiger partial charge on any atom is -0.480 e. The van der Waals surface area contributed by atoms with Gasteiger partial charge in [0.1, 0.15) is 6.04 Å². The molecule has 0 bridgehead atoms. The van der Waals surface area contributed by atoms with Crippen LogP contribution in [0.4, 0.5) is 0 Å². The summed E-state index contributed by atoms with van der Waals surface area (Å²) in [6.07, 6.45) is 0. The van der Waals surface area contributed by atoms with Gasteiger partial charge in [0.25, 0.3) is 0 Å². The maximum absolute atomic E-state index is 10.7. The molecule has 0 amide bonds. The van der Waals surface area contributed by atoms with E-state index < -0.39 is 5.97 Å². The molecule has 0 aromatic rings. The van der Waals surface area contributed by atoms with Gasteiger partial charge in [-0.05, 0) is 23.8 Å². The second kappa shape index (κ2) is 1.78. The molecular weight excluding hydrogens is 142 g/mol. The van der Waals surface area contributed by atoms with Crippen molar-refractivity contribution >= 4 is 5.97 Å². The maximum Gasteiger partial charge on any atom is 0.321 e. The van der Waals surface area contributed by atoms with Gasteiger partial charge in [0.2, 0.25) is 0 Å². The zero-order chi connectivity index (χ0) is 8.22. The molecule has 3 atom stereocenters. The number of carbonyl (C=O) groups is 1. The van der Waals surface area contributed by atoms with Gasteiger partial charge in [0.15, 0.2) is 0 Å². The monoisotopic (exact) mass is 155 g/mol. The molecule has 3 heteroatoms. The molecule has 0 radical (unpaired) electrons. The number of carboxylic acid groups (broad SMARTS) is 1. The van der Waals surface area contributed by atoms with E-state index in [0.29, 0.717) is 11.8 Å². The molecule has 1 saturated carbocycles. The van der Waals surface area contributed by atoms with Gasteiger partial charge in [-0.1, -0.05) is 13.8 Å². The summed E-state index contributed by atoms with van der Waals surface area (Å²) in [6.45, 7) is 5.19. The summed E-state index contributed by atoms with van der Waals surface area (Å²) in [4.78, 5) is 10.7. The Labute approximate surface area is 65.8 Å². The predicted octanol–water partition coefficient (Wildman–Crippen LogP) is 0.315. The molecule has 1 aliphatic heterocycles. The number of fused-ring (bicyclic) bond motifs is 1. The summed E-state index contributed by atoms with van der Waals surface area (Å²) in [6, 6.07) is -0.282. The zero-order valence-electron chi connectivity index (χ0n) is 6.79. The van der Waals surface area contributed by atoms with Gasteiger partial charge in [-0.3, -0.25) is 4.79 Å². The van der Waals surface area contributed by atoms with Crippen molar-refractivity contribution < 1.29 is 9.90 Å². The fraction of sp³-hybridized carbons (Fsp3) is 0.875. The van der Waals surface area contributed by atoms with Gasteiger partial charge >= 0.3 is 5.97 Å². The van der Waals surface area contributed by atoms with Crippen molar-refractivity contribution in [3.8, 4) is 0 Å². The van der Waals surface area contributed by atoms with E-state index in [-0.39, 0.29) is 11.5 Å². The lowest BCUT2D eigenvalue weighted by Gasteiger charge is -2.14. The topological polar surface area (TPSA) is 49.3 Å². The molecule has 0 aromatic carbocycles. The van der Waals surface area contributed by atoms with Crippen LogP contribution in [-0.4, -0.2) is 23.7 Å². The number of nitrogens with one attached hydrogen (secondary N) is 1. The van der Waals surface area contributed by atoms with Crippen LogP contribution in [0.15, 0.2) is 0 Å². The number of hydrogen-bond acceptors (Lipinski definition) is 2. The van der Waals surface area contributed by atoms with Crippen LogP contribution in [0.5, 0.6) is 0 Å². The smallest absolute Gasteiger partial charge is 0.321 e.